The summed E-state index contributed by atoms with van der Waals surface area (Å²) in [6, 6.07) is 10.2. The smallest absolute Gasteiger partial charge is 0.426 e. The Bertz CT molecular complexity index is 1470. The van der Waals surface area contributed by atoms with Crippen LogP contribution in [0.4, 0.5) is 31.1 Å². The van der Waals surface area contributed by atoms with Gasteiger partial charge >= 0.3 is 18.4 Å². The summed E-state index contributed by atoms with van der Waals surface area (Å²) in [7, 11) is 0. The second-order valence-corrected chi connectivity index (χ2v) is 11.3. The minimum atomic E-state index is -5.96. The first-order chi connectivity index (χ1) is 22.2. The Kier molecular flexibility index (Phi) is 13.2. The fraction of sp³-hybridized carbons (Fsp3) is 0.471. The molecule has 0 radical (unpaired) electrons. The largest absolute Gasteiger partial charge is 0.508 e. The predicted molar refractivity (Wildman–Crippen MR) is 167 cm³/mol. The van der Waals surface area contributed by atoms with E-state index in [-0.39, 0.29) is 36.3 Å². The zero-order chi connectivity index (χ0) is 36.7. The number of nitrogens with one attached hydrogen (secondary N) is 1. The van der Waals surface area contributed by atoms with Crippen molar-refractivity contribution in [3.63, 3.8) is 0 Å². The van der Waals surface area contributed by atoms with Gasteiger partial charge in [0.25, 0.3) is 11.5 Å². The van der Waals surface area contributed by atoms with Crippen LogP contribution in [0, 0.1) is 0 Å². The Labute approximate surface area is 276 Å². The molecular formula is C34H42F6N2O6. The number of phenols is 1. The second-order valence-electron chi connectivity index (χ2n) is 11.3. The van der Waals surface area contributed by atoms with Gasteiger partial charge in [-0.3, -0.25) is 9.69 Å². The first-order valence-electron chi connectivity index (χ1n) is 15.4. The van der Waals surface area contributed by atoms with Gasteiger partial charge in [0.2, 0.25) is 0 Å². The zero-order valence-corrected chi connectivity index (χ0v) is 27.8. The number of imide groups is 1. The lowest BCUT2D eigenvalue weighted by Gasteiger charge is -2.31. The van der Waals surface area contributed by atoms with Gasteiger partial charge in [-0.2, -0.15) is 26.3 Å². The van der Waals surface area contributed by atoms with E-state index in [1.54, 1.807) is 45.0 Å². The Hall–Kier alpha value is -4.20. The highest BCUT2D eigenvalue weighted by Gasteiger charge is 2.69. The predicted octanol–water partition coefficient (Wildman–Crippen LogP) is 8.08. The molecule has 1 aliphatic rings. The number of amides is 3. The topological polar surface area (TPSA) is 108 Å². The van der Waals surface area contributed by atoms with Crippen LogP contribution in [-0.2, 0) is 16.8 Å². The third-order valence-corrected chi connectivity index (χ3v) is 7.54. The first-order valence-corrected chi connectivity index (χ1v) is 15.4. The maximum atomic E-state index is 13.3. The summed E-state index contributed by atoms with van der Waals surface area (Å²) in [6.07, 6.45) is -12.0. The van der Waals surface area contributed by atoms with Gasteiger partial charge in [0.15, 0.2) is 0 Å². The maximum absolute atomic E-state index is 13.3. The molecule has 0 bridgehead atoms. The van der Waals surface area contributed by atoms with Crippen LogP contribution in [-0.4, -0.2) is 57.7 Å². The average Bonchev–Trinajstić information content (AvgIpc) is 3.22. The fourth-order valence-electron chi connectivity index (χ4n) is 4.58. The number of phenolic OH excluding ortho intramolecular Hbond substituents is 1. The third-order valence-electron chi connectivity index (χ3n) is 7.54. The Morgan fingerprint density at radius 3 is 2.06 bits per heavy atom. The molecule has 1 unspecified atom stereocenters. The average molecular weight is 689 g/mol. The number of allylic oxidation sites excluding steroid dienone is 2. The molecule has 0 spiro atoms. The Morgan fingerprint density at radius 1 is 1.00 bits per heavy atom. The van der Waals surface area contributed by atoms with E-state index in [2.05, 4.69) is 5.32 Å². The molecule has 1 heterocycles. The first kappa shape index (κ1) is 40.0. The van der Waals surface area contributed by atoms with Gasteiger partial charge in [-0.25, -0.2) is 4.79 Å². The van der Waals surface area contributed by atoms with Crippen LogP contribution in [0.1, 0.15) is 72.4 Å². The molecule has 0 aliphatic carbocycles. The van der Waals surface area contributed by atoms with Crippen LogP contribution < -0.4 is 14.8 Å². The van der Waals surface area contributed by atoms with Crippen LogP contribution >= 0.6 is 0 Å². The fourth-order valence-corrected chi connectivity index (χ4v) is 4.58. The van der Waals surface area contributed by atoms with E-state index in [4.69, 9.17) is 9.47 Å². The second kappa shape index (κ2) is 15.8. The molecule has 1 atom stereocenters. The molecular weight excluding hydrogens is 646 g/mol. The SMILES string of the molecule is CC.CC/C(C)=C(/C=C\CC(O)(C(F)(F)F)C(F)(F)F)Oc1ccc(CCN2C(=O)NC(C)(c3ccc(OC(C)C)cc3)C2=O)c(O)c1. The summed E-state index contributed by atoms with van der Waals surface area (Å²) < 4.78 is 89.4. The number of rotatable bonds is 12. The number of carbonyl (C=O) groups excluding carboxylic acids is 2. The van der Waals surface area contributed by atoms with Crippen molar-refractivity contribution in [2.45, 2.75) is 97.3 Å². The highest BCUT2D eigenvalue weighted by atomic mass is 19.4. The van der Waals surface area contributed by atoms with Crippen molar-refractivity contribution in [3.05, 3.63) is 77.1 Å². The molecule has 0 saturated carbocycles. The van der Waals surface area contributed by atoms with Gasteiger partial charge < -0.3 is 25.0 Å². The summed E-state index contributed by atoms with van der Waals surface area (Å²) in [5.41, 5.74) is -4.91. The number of hydrogen-bond donors (Lipinski definition) is 3. The lowest BCUT2D eigenvalue weighted by atomic mass is 9.92. The van der Waals surface area contributed by atoms with E-state index >= 15 is 0 Å². The highest BCUT2D eigenvalue weighted by molar-refractivity contribution is 6.07. The number of halogens is 6. The Balaban J connectivity index is 0.00000392. The molecule has 266 valence electrons. The Morgan fingerprint density at radius 2 is 1.56 bits per heavy atom. The number of alkyl halides is 6. The van der Waals surface area contributed by atoms with Crippen molar-refractivity contribution in [1.29, 1.82) is 0 Å². The molecule has 1 fully saturated rings. The van der Waals surface area contributed by atoms with Crippen molar-refractivity contribution < 1.29 is 55.6 Å². The number of hydrogen-bond acceptors (Lipinski definition) is 6. The molecule has 2 aromatic rings. The van der Waals surface area contributed by atoms with Crippen molar-refractivity contribution in [2.75, 3.05) is 6.54 Å². The molecule has 2 aromatic carbocycles. The van der Waals surface area contributed by atoms with Crippen molar-refractivity contribution in [1.82, 2.24) is 10.2 Å². The summed E-state index contributed by atoms with van der Waals surface area (Å²) in [4.78, 5) is 27.1. The van der Waals surface area contributed by atoms with Gasteiger partial charge in [-0.05, 0) is 81.5 Å². The molecule has 3 amide bonds. The molecule has 1 aliphatic heterocycles. The van der Waals surface area contributed by atoms with Crippen LogP contribution in [0.5, 0.6) is 17.2 Å². The van der Waals surface area contributed by atoms with E-state index in [1.807, 2.05) is 27.7 Å². The van der Waals surface area contributed by atoms with Gasteiger partial charge in [0.1, 0.15) is 28.5 Å². The number of nitrogens with zero attached hydrogens (tertiary/aromatic N) is 1. The molecule has 1 saturated heterocycles. The monoisotopic (exact) mass is 688 g/mol. The molecule has 48 heavy (non-hydrogen) atoms. The van der Waals surface area contributed by atoms with Crippen LogP contribution in [0.3, 0.4) is 0 Å². The standard InChI is InChI=1S/C32H36F6N2O6.C2H6/c1-6-20(4)26(8-7-16-30(44,31(33,34)35)32(36,37)38)46-24-12-9-21(25(41)18-24)15-17-40-27(42)29(5,39-28(40)43)22-10-13-23(14-11-22)45-19(2)3;1-2/h7-14,18-19,41,44H,6,15-17H2,1-5H3,(H,39,43);1-2H3/b8-7-,26-20-;. The summed E-state index contributed by atoms with van der Waals surface area (Å²) >= 11 is 0. The molecule has 3 rings (SSSR count). The number of aliphatic hydroxyl groups is 1. The van der Waals surface area contributed by atoms with Crippen molar-refractivity contribution >= 4 is 11.9 Å². The highest BCUT2D eigenvalue weighted by Crippen LogP contribution is 2.45. The third kappa shape index (κ3) is 9.03. The summed E-state index contributed by atoms with van der Waals surface area (Å²) in [5.74, 6) is -0.229. The van der Waals surface area contributed by atoms with Gasteiger partial charge in [-0.1, -0.05) is 45.0 Å². The van der Waals surface area contributed by atoms with E-state index in [0.29, 0.717) is 34.9 Å². The number of urea groups is 1. The normalized spacial score (nSPS) is 17.7. The van der Waals surface area contributed by atoms with E-state index in [9.17, 15) is 46.1 Å². The van der Waals surface area contributed by atoms with Crippen LogP contribution in [0.25, 0.3) is 0 Å². The van der Waals surface area contributed by atoms with Crippen molar-refractivity contribution in [2.24, 2.45) is 0 Å². The van der Waals surface area contributed by atoms with E-state index in [0.717, 1.165) is 11.0 Å². The number of aromatic hydroxyl groups is 1. The van der Waals surface area contributed by atoms with Crippen LogP contribution in [0.15, 0.2) is 65.9 Å². The maximum Gasteiger partial charge on any atom is 0.426 e. The molecule has 8 nitrogen and oxygen atoms in total. The summed E-state index contributed by atoms with van der Waals surface area (Å²) in [5, 5.41) is 22.7. The number of benzene rings is 2. The van der Waals surface area contributed by atoms with Crippen LogP contribution in [0.2, 0.25) is 0 Å². The quantitative estimate of drug-likeness (QED) is 0.0901. The van der Waals surface area contributed by atoms with Gasteiger partial charge in [0.05, 0.1) is 6.10 Å². The van der Waals surface area contributed by atoms with E-state index < -0.39 is 41.9 Å². The van der Waals surface area contributed by atoms with Gasteiger partial charge in [0, 0.05) is 19.0 Å². The minimum absolute atomic E-state index is 0.0167. The minimum Gasteiger partial charge on any atom is -0.508 e. The summed E-state index contributed by atoms with van der Waals surface area (Å²) in [6.45, 7) is 12.5. The lowest BCUT2D eigenvalue weighted by Crippen LogP contribution is -2.56. The molecule has 0 aromatic heterocycles. The molecule has 14 heteroatoms. The number of ether oxygens (including phenoxy) is 2. The van der Waals surface area contributed by atoms with Gasteiger partial charge in [-0.15, -0.1) is 0 Å². The van der Waals surface area contributed by atoms with E-state index in [1.165, 1.54) is 18.2 Å². The number of carbonyl (C=O) groups is 2. The molecule has 3 N–H and O–H groups in total. The van der Waals surface area contributed by atoms with Crippen molar-refractivity contribution in [3.8, 4) is 17.2 Å². The zero-order valence-electron chi connectivity index (χ0n) is 27.8. The lowest BCUT2D eigenvalue weighted by molar-refractivity contribution is -0.366.